The topological polar surface area (TPSA) is 9.23 Å². The van der Waals surface area contributed by atoms with Crippen LogP contribution in [0.4, 0.5) is 8.78 Å². The Morgan fingerprint density at radius 2 is 1.56 bits per heavy atom. The fourth-order valence-electron chi connectivity index (χ4n) is 3.25. The lowest BCUT2D eigenvalue weighted by Crippen LogP contribution is -1.98. The molecule has 0 amide bonds. The minimum atomic E-state index is -0.431. The van der Waals surface area contributed by atoms with Gasteiger partial charge in [0.1, 0.15) is 17.4 Å². The highest BCUT2D eigenvalue weighted by Crippen LogP contribution is 2.37. The van der Waals surface area contributed by atoms with Gasteiger partial charge in [-0.2, -0.15) is 0 Å². The van der Waals surface area contributed by atoms with Crippen molar-refractivity contribution in [1.29, 1.82) is 0 Å². The van der Waals surface area contributed by atoms with E-state index in [2.05, 4.69) is 0 Å². The summed E-state index contributed by atoms with van der Waals surface area (Å²) in [5.74, 6) is -0.0474. The summed E-state index contributed by atoms with van der Waals surface area (Å²) in [7, 11) is 0. The molecular formula is C24H24F2O. The Morgan fingerprint density at radius 1 is 0.815 bits per heavy atom. The normalized spacial score (nSPS) is 10.8. The first-order valence-electron chi connectivity index (χ1n) is 9.45. The van der Waals surface area contributed by atoms with E-state index < -0.39 is 5.82 Å². The summed E-state index contributed by atoms with van der Waals surface area (Å²) in [5, 5.41) is 0. The fraction of sp³-hybridized carbons (Fsp3) is 0.250. The maximum absolute atomic E-state index is 15.1. The molecule has 0 N–H and O–H groups in total. The van der Waals surface area contributed by atoms with Crippen molar-refractivity contribution in [2.24, 2.45) is 0 Å². The second-order valence-corrected chi connectivity index (χ2v) is 6.57. The number of aryl methyl sites for hydroxylation is 1. The van der Waals surface area contributed by atoms with Gasteiger partial charge in [0.05, 0.1) is 6.61 Å². The summed E-state index contributed by atoms with van der Waals surface area (Å²) >= 11 is 0. The molecule has 1 nitrogen and oxygen atoms in total. The minimum absolute atomic E-state index is 0.292. The van der Waals surface area contributed by atoms with Crippen LogP contribution in [0.3, 0.4) is 0 Å². The summed E-state index contributed by atoms with van der Waals surface area (Å²) in [6, 6.07) is 17.6. The first-order valence-corrected chi connectivity index (χ1v) is 9.45. The first kappa shape index (κ1) is 19.1. The molecule has 0 radical (unpaired) electrons. The van der Waals surface area contributed by atoms with E-state index in [0.29, 0.717) is 35.3 Å². The molecule has 0 saturated heterocycles. The fourth-order valence-corrected chi connectivity index (χ4v) is 3.25. The van der Waals surface area contributed by atoms with Crippen LogP contribution in [0.5, 0.6) is 5.75 Å². The quantitative estimate of drug-likeness (QED) is 0.436. The monoisotopic (exact) mass is 366 g/mol. The van der Waals surface area contributed by atoms with E-state index >= 15 is 4.39 Å². The zero-order valence-corrected chi connectivity index (χ0v) is 15.8. The van der Waals surface area contributed by atoms with Gasteiger partial charge in [-0.3, -0.25) is 0 Å². The van der Waals surface area contributed by atoms with Crippen LogP contribution in [0.2, 0.25) is 0 Å². The molecule has 0 aliphatic heterocycles. The molecule has 0 aliphatic carbocycles. The molecule has 0 bridgehead atoms. The molecule has 0 spiro atoms. The van der Waals surface area contributed by atoms with Crippen molar-refractivity contribution in [1.82, 2.24) is 0 Å². The number of halogens is 2. The molecule has 0 heterocycles. The van der Waals surface area contributed by atoms with Crippen molar-refractivity contribution in [3.05, 3.63) is 77.9 Å². The van der Waals surface area contributed by atoms with Crippen LogP contribution < -0.4 is 4.74 Å². The lowest BCUT2D eigenvalue weighted by molar-refractivity contribution is 0.317. The van der Waals surface area contributed by atoms with Crippen LogP contribution in [-0.4, -0.2) is 6.61 Å². The molecule has 3 aromatic carbocycles. The molecule has 0 saturated carbocycles. The average Bonchev–Trinajstić information content (AvgIpc) is 2.68. The number of benzene rings is 3. The third kappa shape index (κ3) is 4.19. The Bertz CT molecular complexity index is 918. The van der Waals surface area contributed by atoms with E-state index in [-0.39, 0.29) is 5.82 Å². The molecule has 0 aliphatic rings. The largest absolute Gasteiger partial charge is 0.494 e. The molecular weight excluding hydrogens is 342 g/mol. The van der Waals surface area contributed by atoms with Crippen molar-refractivity contribution in [3.63, 3.8) is 0 Å². The first-order chi connectivity index (χ1) is 13.2. The second kappa shape index (κ2) is 8.81. The third-order valence-electron chi connectivity index (χ3n) is 4.50. The van der Waals surface area contributed by atoms with E-state index in [4.69, 9.17) is 4.74 Å². The van der Waals surface area contributed by atoms with E-state index in [1.807, 2.05) is 44.2 Å². The minimum Gasteiger partial charge on any atom is -0.494 e. The number of hydrogen-bond acceptors (Lipinski definition) is 1. The van der Waals surface area contributed by atoms with E-state index in [0.717, 1.165) is 24.2 Å². The van der Waals surface area contributed by atoms with Crippen LogP contribution in [-0.2, 0) is 6.42 Å². The lowest BCUT2D eigenvalue weighted by Gasteiger charge is -2.15. The van der Waals surface area contributed by atoms with E-state index in [1.54, 1.807) is 24.3 Å². The van der Waals surface area contributed by atoms with Gasteiger partial charge in [0, 0.05) is 11.1 Å². The van der Waals surface area contributed by atoms with Gasteiger partial charge in [-0.15, -0.1) is 0 Å². The van der Waals surface area contributed by atoms with Crippen LogP contribution in [0, 0.1) is 11.6 Å². The van der Waals surface area contributed by atoms with Crippen LogP contribution in [0.15, 0.2) is 60.7 Å². The van der Waals surface area contributed by atoms with Gasteiger partial charge >= 0.3 is 0 Å². The Morgan fingerprint density at radius 3 is 2.33 bits per heavy atom. The highest BCUT2D eigenvalue weighted by molar-refractivity contribution is 5.84. The van der Waals surface area contributed by atoms with Crippen molar-refractivity contribution in [3.8, 4) is 28.0 Å². The number of rotatable bonds is 7. The van der Waals surface area contributed by atoms with E-state index in [9.17, 15) is 4.39 Å². The predicted octanol–water partition coefficient (Wildman–Crippen LogP) is 7.04. The molecule has 3 aromatic rings. The summed E-state index contributed by atoms with van der Waals surface area (Å²) < 4.78 is 35.6. The van der Waals surface area contributed by atoms with Gasteiger partial charge in [-0.25, -0.2) is 8.78 Å². The van der Waals surface area contributed by atoms with Crippen molar-refractivity contribution in [2.45, 2.75) is 33.1 Å². The van der Waals surface area contributed by atoms with Crippen LogP contribution >= 0.6 is 0 Å². The molecule has 0 aromatic heterocycles. The average molecular weight is 366 g/mol. The molecule has 0 atom stereocenters. The molecule has 0 unspecified atom stereocenters. The van der Waals surface area contributed by atoms with Gasteiger partial charge in [0.15, 0.2) is 0 Å². The Kier molecular flexibility index (Phi) is 6.23. The van der Waals surface area contributed by atoms with Crippen molar-refractivity contribution in [2.75, 3.05) is 6.61 Å². The van der Waals surface area contributed by atoms with Crippen LogP contribution in [0.25, 0.3) is 22.3 Å². The second-order valence-electron chi connectivity index (χ2n) is 6.57. The summed E-state index contributed by atoms with van der Waals surface area (Å²) in [6.45, 7) is 4.66. The molecule has 140 valence electrons. The van der Waals surface area contributed by atoms with Crippen LogP contribution in [0.1, 0.15) is 32.3 Å². The van der Waals surface area contributed by atoms with Crippen molar-refractivity contribution >= 4 is 0 Å². The van der Waals surface area contributed by atoms with Gasteiger partial charge in [-0.05, 0) is 47.7 Å². The smallest absolute Gasteiger partial charge is 0.134 e. The predicted molar refractivity (Wildman–Crippen MR) is 107 cm³/mol. The standard InChI is InChI=1S/C24H24F2O/c1-3-8-17-9-6-13-21(24(17)26)23-20(12-7-14-22(23)25)18-10-5-11-19(16-18)27-15-4-2/h5-7,9-14,16H,3-4,8,15H2,1-2H3. The van der Waals surface area contributed by atoms with Gasteiger partial charge in [0.25, 0.3) is 0 Å². The SMILES string of the molecule is CCCOc1cccc(-c2cccc(F)c2-c2cccc(CCC)c2F)c1. The highest BCUT2D eigenvalue weighted by Gasteiger charge is 2.18. The number of ether oxygens (including phenoxy) is 1. The lowest BCUT2D eigenvalue weighted by atomic mass is 9.92. The molecule has 3 rings (SSSR count). The summed E-state index contributed by atoms with van der Waals surface area (Å²) in [4.78, 5) is 0. The van der Waals surface area contributed by atoms with Crippen molar-refractivity contribution < 1.29 is 13.5 Å². The number of hydrogen-bond donors (Lipinski definition) is 0. The summed E-state index contributed by atoms with van der Waals surface area (Å²) in [5.41, 5.74) is 2.67. The Balaban J connectivity index is 2.13. The zero-order chi connectivity index (χ0) is 19.2. The molecule has 0 fully saturated rings. The zero-order valence-electron chi connectivity index (χ0n) is 15.8. The Labute approximate surface area is 159 Å². The molecule has 3 heteroatoms. The van der Waals surface area contributed by atoms with Gasteiger partial charge in [0.2, 0.25) is 0 Å². The molecule has 27 heavy (non-hydrogen) atoms. The van der Waals surface area contributed by atoms with E-state index in [1.165, 1.54) is 6.07 Å². The maximum atomic E-state index is 15.1. The summed E-state index contributed by atoms with van der Waals surface area (Å²) in [6.07, 6.45) is 2.37. The Hall–Kier alpha value is -2.68. The van der Waals surface area contributed by atoms with Gasteiger partial charge < -0.3 is 4.74 Å². The highest BCUT2D eigenvalue weighted by atomic mass is 19.1. The van der Waals surface area contributed by atoms with Gasteiger partial charge in [-0.1, -0.05) is 62.7 Å². The maximum Gasteiger partial charge on any atom is 0.134 e. The third-order valence-corrected chi connectivity index (χ3v) is 4.50.